The number of hydrogen-bond acceptors (Lipinski definition) is 3. The lowest BCUT2D eigenvalue weighted by Gasteiger charge is -2.42. The summed E-state index contributed by atoms with van der Waals surface area (Å²) in [6, 6.07) is 0. The van der Waals surface area contributed by atoms with Crippen LogP contribution in [0.15, 0.2) is 0 Å². The van der Waals surface area contributed by atoms with E-state index in [4.69, 9.17) is 0 Å². The summed E-state index contributed by atoms with van der Waals surface area (Å²) in [5.74, 6) is 0. The summed E-state index contributed by atoms with van der Waals surface area (Å²) in [4.78, 5) is 5.05. The van der Waals surface area contributed by atoms with Crippen molar-refractivity contribution in [2.75, 3.05) is 46.3 Å². The SMILES string of the molecule is CN1CCN(CC2(C)CCCCN2)CC1. The first-order valence-corrected chi connectivity index (χ1v) is 6.34. The molecule has 1 N–H and O–H groups in total. The minimum Gasteiger partial charge on any atom is -0.310 e. The number of rotatable bonds is 2. The normalized spacial score (nSPS) is 35.6. The molecular formula is C12H25N3. The van der Waals surface area contributed by atoms with Gasteiger partial charge in [-0.15, -0.1) is 0 Å². The topological polar surface area (TPSA) is 18.5 Å². The van der Waals surface area contributed by atoms with Gasteiger partial charge in [0, 0.05) is 38.3 Å². The highest BCUT2D eigenvalue weighted by Gasteiger charge is 2.29. The van der Waals surface area contributed by atoms with Crippen LogP contribution in [-0.4, -0.2) is 61.7 Å². The Hall–Kier alpha value is -0.120. The van der Waals surface area contributed by atoms with Crippen molar-refractivity contribution in [3.05, 3.63) is 0 Å². The Labute approximate surface area is 93.8 Å². The van der Waals surface area contributed by atoms with Crippen LogP contribution in [0.3, 0.4) is 0 Å². The van der Waals surface area contributed by atoms with Gasteiger partial charge in [-0.1, -0.05) is 6.42 Å². The molecule has 1 unspecified atom stereocenters. The second kappa shape index (κ2) is 4.81. The Morgan fingerprint density at radius 1 is 1.13 bits per heavy atom. The summed E-state index contributed by atoms with van der Waals surface area (Å²) < 4.78 is 0. The van der Waals surface area contributed by atoms with E-state index in [1.165, 1.54) is 58.5 Å². The predicted molar refractivity (Wildman–Crippen MR) is 64.2 cm³/mol. The number of piperidine rings is 1. The molecule has 3 nitrogen and oxygen atoms in total. The first-order valence-electron chi connectivity index (χ1n) is 6.34. The molecule has 0 radical (unpaired) electrons. The Kier molecular flexibility index (Phi) is 3.65. The van der Waals surface area contributed by atoms with E-state index in [-0.39, 0.29) is 0 Å². The van der Waals surface area contributed by atoms with Gasteiger partial charge in [0.1, 0.15) is 0 Å². The Morgan fingerprint density at radius 3 is 2.47 bits per heavy atom. The van der Waals surface area contributed by atoms with Crippen LogP contribution in [0, 0.1) is 0 Å². The van der Waals surface area contributed by atoms with Gasteiger partial charge in [0.2, 0.25) is 0 Å². The van der Waals surface area contributed by atoms with Crippen molar-refractivity contribution < 1.29 is 0 Å². The van der Waals surface area contributed by atoms with Crippen LogP contribution in [0.25, 0.3) is 0 Å². The smallest absolute Gasteiger partial charge is 0.0280 e. The first kappa shape index (κ1) is 11.4. The van der Waals surface area contributed by atoms with Gasteiger partial charge >= 0.3 is 0 Å². The predicted octanol–water partition coefficient (Wildman–Crippen LogP) is 0.766. The van der Waals surface area contributed by atoms with E-state index in [1.54, 1.807) is 0 Å². The second-order valence-corrected chi connectivity index (χ2v) is 5.52. The van der Waals surface area contributed by atoms with Crippen LogP contribution < -0.4 is 5.32 Å². The van der Waals surface area contributed by atoms with Crippen molar-refractivity contribution in [3.8, 4) is 0 Å². The van der Waals surface area contributed by atoms with Crippen molar-refractivity contribution in [1.29, 1.82) is 0 Å². The van der Waals surface area contributed by atoms with E-state index in [2.05, 4.69) is 29.1 Å². The molecule has 0 saturated carbocycles. The third-order valence-corrected chi connectivity index (χ3v) is 3.88. The fourth-order valence-corrected chi connectivity index (χ4v) is 2.75. The molecule has 1 atom stereocenters. The molecule has 0 aromatic carbocycles. The van der Waals surface area contributed by atoms with Crippen LogP contribution >= 0.6 is 0 Å². The molecule has 88 valence electrons. The van der Waals surface area contributed by atoms with Crippen LogP contribution in [0.4, 0.5) is 0 Å². The average Bonchev–Trinajstić information content (AvgIpc) is 2.22. The monoisotopic (exact) mass is 211 g/mol. The molecule has 0 aromatic heterocycles. The largest absolute Gasteiger partial charge is 0.310 e. The summed E-state index contributed by atoms with van der Waals surface area (Å²) in [5.41, 5.74) is 0.383. The highest BCUT2D eigenvalue weighted by Crippen LogP contribution is 2.20. The maximum absolute atomic E-state index is 3.70. The number of piperazine rings is 1. The maximum Gasteiger partial charge on any atom is 0.0280 e. The molecule has 0 aliphatic carbocycles. The molecule has 2 saturated heterocycles. The van der Waals surface area contributed by atoms with Crippen molar-refractivity contribution in [3.63, 3.8) is 0 Å². The zero-order valence-corrected chi connectivity index (χ0v) is 10.3. The van der Waals surface area contributed by atoms with Crippen molar-refractivity contribution in [2.24, 2.45) is 0 Å². The van der Waals surface area contributed by atoms with E-state index in [1.807, 2.05) is 0 Å². The minimum atomic E-state index is 0.383. The summed E-state index contributed by atoms with van der Waals surface area (Å²) in [5, 5.41) is 3.70. The van der Waals surface area contributed by atoms with Crippen LogP contribution in [0.5, 0.6) is 0 Å². The summed E-state index contributed by atoms with van der Waals surface area (Å²) in [7, 11) is 2.22. The fourth-order valence-electron chi connectivity index (χ4n) is 2.75. The zero-order valence-electron chi connectivity index (χ0n) is 10.3. The first-order chi connectivity index (χ1) is 7.18. The minimum absolute atomic E-state index is 0.383. The molecule has 2 rings (SSSR count). The highest BCUT2D eigenvalue weighted by atomic mass is 15.3. The van der Waals surface area contributed by atoms with Crippen LogP contribution in [-0.2, 0) is 0 Å². The highest BCUT2D eigenvalue weighted by molar-refractivity contribution is 4.90. The quantitative estimate of drug-likeness (QED) is 0.728. The number of nitrogens with zero attached hydrogens (tertiary/aromatic N) is 2. The third-order valence-electron chi connectivity index (χ3n) is 3.88. The Bertz CT molecular complexity index is 191. The van der Waals surface area contributed by atoms with Gasteiger partial charge in [0.05, 0.1) is 0 Å². The number of likely N-dealkylation sites (N-methyl/N-ethyl adjacent to an activating group) is 1. The van der Waals surface area contributed by atoms with Crippen molar-refractivity contribution >= 4 is 0 Å². The lowest BCUT2D eigenvalue weighted by Crippen LogP contribution is -2.56. The maximum atomic E-state index is 3.70. The molecule has 2 fully saturated rings. The number of hydrogen-bond donors (Lipinski definition) is 1. The van der Waals surface area contributed by atoms with Gasteiger partial charge in [-0.05, 0) is 33.4 Å². The van der Waals surface area contributed by atoms with Crippen LogP contribution in [0.2, 0.25) is 0 Å². The molecule has 0 aromatic rings. The van der Waals surface area contributed by atoms with E-state index in [0.717, 1.165) is 0 Å². The molecule has 3 heteroatoms. The fraction of sp³-hybridized carbons (Fsp3) is 1.00. The zero-order chi connectivity index (χ0) is 10.7. The van der Waals surface area contributed by atoms with Gasteiger partial charge in [0.15, 0.2) is 0 Å². The third kappa shape index (κ3) is 3.16. The van der Waals surface area contributed by atoms with E-state index in [9.17, 15) is 0 Å². The van der Waals surface area contributed by atoms with Gasteiger partial charge in [-0.2, -0.15) is 0 Å². The molecule has 0 amide bonds. The van der Waals surface area contributed by atoms with Gasteiger partial charge in [-0.25, -0.2) is 0 Å². The second-order valence-electron chi connectivity index (χ2n) is 5.52. The van der Waals surface area contributed by atoms with Gasteiger partial charge in [-0.3, -0.25) is 4.90 Å². The average molecular weight is 211 g/mol. The van der Waals surface area contributed by atoms with Gasteiger partial charge < -0.3 is 10.2 Å². The molecule has 0 spiro atoms. The molecular weight excluding hydrogens is 186 g/mol. The number of nitrogens with one attached hydrogen (secondary N) is 1. The summed E-state index contributed by atoms with van der Waals surface area (Å²) in [6.45, 7) is 9.79. The van der Waals surface area contributed by atoms with Crippen molar-refractivity contribution in [2.45, 2.75) is 31.7 Å². The lowest BCUT2D eigenvalue weighted by atomic mass is 9.90. The van der Waals surface area contributed by atoms with Crippen molar-refractivity contribution in [1.82, 2.24) is 15.1 Å². The summed E-state index contributed by atoms with van der Waals surface area (Å²) in [6.07, 6.45) is 4.11. The summed E-state index contributed by atoms with van der Waals surface area (Å²) >= 11 is 0. The van der Waals surface area contributed by atoms with E-state index < -0.39 is 0 Å². The van der Waals surface area contributed by atoms with E-state index >= 15 is 0 Å². The van der Waals surface area contributed by atoms with Gasteiger partial charge in [0.25, 0.3) is 0 Å². The van der Waals surface area contributed by atoms with E-state index in [0.29, 0.717) is 5.54 Å². The molecule has 0 bridgehead atoms. The molecule has 2 heterocycles. The Morgan fingerprint density at radius 2 is 1.87 bits per heavy atom. The van der Waals surface area contributed by atoms with Crippen LogP contribution in [0.1, 0.15) is 26.2 Å². The Balaban J connectivity index is 1.80. The standard InChI is InChI=1S/C12H25N3/c1-12(5-3-4-6-13-12)11-15-9-7-14(2)8-10-15/h13H,3-11H2,1-2H3. The molecule has 2 aliphatic heterocycles. The lowest BCUT2D eigenvalue weighted by molar-refractivity contribution is 0.108. The molecule has 2 aliphatic rings. The molecule has 15 heavy (non-hydrogen) atoms.